The van der Waals surface area contributed by atoms with Crippen molar-refractivity contribution in [1.82, 2.24) is 5.48 Å². The maximum absolute atomic E-state index is 11.9. The average Bonchev–Trinajstić information content (AvgIpc) is 2.51. The summed E-state index contributed by atoms with van der Waals surface area (Å²) in [5, 5.41) is 0.633. The molecule has 0 saturated carbocycles. The molecule has 1 atom stereocenters. The minimum absolute atomic E-state index is 0.305. The Bertz CT molecular complexity index is 631. The number of benzene rings is 2. The molecule has 0 saturated heterocycles. The zero-order valence-electron chi connectivity index (χ0n) is 12.5. The molecule has 2 aromatic rings. The average molecular weight is 320 g/mol. The quantitative estimate of drug-likeness (QED) is 0.826. The van der Waals surface area contributed by atoms with E-state index in [2.05, 4.69) is 5.48 Å². The van der Waals surface area contributed by atoms with E-state index in [9.17, 15) is 4.79 Å². The fourth-order valence-corrected chi connectivity index (χ4v) is 2.06. The second kappa shape index (κ2) is 7.82. The van der Waals surface area contributed by atoms with Crippen molar-refractivity contribution >= 4 is 17.5 Å². The van der Waals surface area contributed by atoms with Crippen LogP contribution in [-0.2, 0) is 16.2 Å². The third-order valence-electron chi connectivity index (χ3n) is 3.06. The van der Waals surface area contributed by atoms with Gasteiger partial charge >= 0.3 is 0 Å². The first-order valence-electron chi connectivity index (χ1n) is 6.94. The number of nitrogens with one attached hydrogen (secondary N) is 1. The minimum Gasteiger partial charge on any atom is -0.481 e. The smallest absolute Gasteiger partial charge is 0.284 e. The number of aryl methyl sites for hydroxylation is 1. The van der Waals surface area contributed by atoms with Crippen LogP contribution in [0.1, 0.15) is 18.1 Å². The van der Waals surface area contributed by atoms with Crippen LogP contribution in [0.4, 0.5) is 0 Å². The van der Waals surface area contributed by atoms with Gasteiger partial charge in [-0.15, -0.1) is 0 Å². The highest BCUT2D eigenvalue weighted by atomic mass is 35.5. The molecule has 0 unspecified atom stereocenters. The first-order chi connectivity index (χ1) is 10.6. The zero-order chi connectivity index (χ0) is 15.9. The molecular weight excluding hydrogens is 302 g/mol. The molecule has 0 bridgehead atoms. The second-order valence-electron chi connectivity index (χ2n) is 4.91. The van der Waals surface area contributed by atoms with Crippen LogP contribution in [0.2, 0.25) is 5.02 Å². The number of carbonyl (C=O) groups is 1. The molecule has 0 aromatic heterocycles. The largest absolute Gasteiger partial charge is 0.481 e. The van der Waals surface area contributed by atoms with E-state index in [4.69, 9.17) is 21.2 Å². The number of hydroxylamine groups is 1. The number of ether oxygens (including phenoxy) is 1. The van der Waals surface area contributed by atoms with E-state index >= 15 is 0 Å². The van der Waals surface area contributed by atoms with Gasteiger partial charge < -0.3 is 4.74 Å². The monoisotopic (exact) mass is 319 g/mol. The van der Waals surface area contributed by atoms with E-state index in [1.54, 1.807) is 25.1 Å². The summed E-state index contributed by atoms with van der Waals surface area (Å²) in [6.45, 7) is 3.84. The van der Waals surface area contributed by atoms with Crippen LogP contribution in [0.5, 0.6) is 5.75 Å². The number of amides is 1. The van der Waals surface area contributed by atoms with Gasteiger partial charge in [0.25, 0.3) is 5.91 Å². The first-order valence-corrected chi connectivity index (χ1v) is 7.32. The van der Waals surface area contributed by atoms with Gasteiger partial charge in [0.05, 0.1) is 6.61 Å². The summed E-state index contributed by atoms with van der Waals surface area (Å²) in [5.41, 5.74) is 4.24. The molecule has 0 spiro atoms. The minimum atomic E-state index is -0.671. The summed E-state index contributed by atoms with van der Waals surface area (Å²) in [4.78, 5) is 17.1. The van der Waals surface area contributed by atoms with Crippen LogP contribution >= 0.6 is 11.6 Å². The van der Waals surface area contributed by atoms with Crippen LogP contribution in [-0.4, -0.2) is 12.0 Å². The predicted octanol–water partition coefficient (Wildman–Crippen LogP) is 3.66. The molecule has 5 heteroatoms. The molecule has 116 valence electrons. The molecule has 1 N–H and O–H groups in total. The standard InChI is InChI=1S/C17H18ClNO3/c1-12-10-15(18)8-9-16(12)22-13(2)17(20)19-21-11-14-6-4-3-5-7-14/h3-10,13H,11H2,1-2H3,(H,19,20)/t13-/m1/s1. The second-order valence-corrected chi connectivity index (χ2v) is 5.35. The fraction of sp³-hybridized carbons (Fsp3) is 0.235. The van der Waals surface area contributed by atoms with Crippen molar-refractivity contribution in [1.29, 1.82) is 0 Å². The zero-order valence-corrected chi connectivity index (χ0v) is 13.3. The Hall–Kier alpha value is -2.04. The van der Waals surface area contributed by atoms with Gasteiger partial charge in [-0.05, 0) is 43.2 Å². The summed E-state index contributed by atoms with van der Waals surface area (Å²) < 4.78 is 5.61. The van der Waals surface area contributed by atoms with Gasteiger partial charge in [0.1, 0.15) is 5.75 Å². The summed E-state index contributed by atoms with van der Waals surface area (Å²) in [6, 6.07) is 14.8. The molecule has 1 amide bonds. The van der Waals surface area contributed by atoms with Crippen LogP contribution < -0.4 is 10.2 Å². The molecule has 22 heavy (non-hydrogen) atoms. The lowest BCUT2D eigenvalue weighted by molar-refractivity contribution is -0.141. The Morgan fingerprint density at radius 2 is 1.95 bits per heavy atom. The topological polar surface area (TPSA) is 47.6 Å². The van der Waals surface area contributed by atoms with E-state index < -0.39 is 6.10 Å². The predicted molar refractivity (Wildman–Crippen MR) is 85.7 cm³/mol. The maximum atomic E-state index is 11.9. The summed E-state index contributed by atoms with van der Waals surface area (Å²) in [5.74, 6) is 0.278. The van der Waals surface area contributed by atoms with Crippen LogP contribution in [0.15, 0.2) is 48.5 Å². The highest BCUT2D eigenvalue weighted by Crippen LogP contribution is 2.22. The Balaban J connectivity index is 1.82. The summed E-state index contributed by atoms with van der Waals surface area (Å²) in [7, 11) is 0. The molecule has 0 aliphatic rings. The highest BCUT2D eigenvalue weighted by molar-refractivity contribution is 6.30. The molecule has 0 aliphatic carbocycles. The molecule has 0 aliphatic heterocycles. The Labute approximate surface area is 135 Å². The van der Waals surface area contributed by atoms with Gasteiger partial charge in [-0.25, -0.2) is 5.48 Å². The van der Waals surface area contributed by atoms with Crippen LogP contribution in [0.3, 0.4) is 0 Å². The van der Waals surface area contributed by atoms with Gasteiger partial charge in [-0.3, -0.25) is 9.63 Å². The molecule has 2 rings (SSSR count). The van der Waals surface area contributed by atoms with Gasteiger partial charge in [-0.2, -0.15) is 0 Å². The van der Waals surface area contributed by atoms with Crippen molar-refractivity contribution in [3.05, 3.63) is 64.7 Å². The Kier molecular flexibility index (Phi) is 5.81. The molecular formula is C17H18ClNO3. The molecule has 0 radical (unpaired) electrons. The van der Waals surface area contributed by atoms with Crippen molar-refractivity contribution in [2.45, 2.75) is 26.6 Å². The Morgan fingerprint density at radius 1 is 1.23 bits per heavy atom. The number of rotatable bonds is 6. The van der Waals surface area contributed by atoms with Crippen molar-refractivity contribution in [3.8, 4) is 5.75 Å². The van der Waals surface area contributed by atoms with E-state index in [0.717, 1.165) is 11.1 Å². The van der Waals surface area contributed by atoms with Crippen LogP contribution in [0.25, 0.3) is 0 Å². The number of hydrogen-bond donors (Lipinski definition) is 1. The lowest BCUT2D eigenvalue weighted by Gasteiger charge is -2.16. The van der Waals surface area contributed by atoms with Gasteiger partial charge in [0.15, 0.2) is 6.10 Å². The third kappa shape index (κ3) is 4.76. The highest BCUT2D eigenvalue weighted by Gasteiger charge is 2.15. The number of carbonyl (C=O) groups excluding carboxylic acids is 1. The molecule has 2 aromatic carbocycles. The maximum Gasteiger partial charge on any atom is 0.284 e. The lowest BCUT2D eigenvalue weighted by Crippen LogP contribution is -2.36. The Morgan fingerprint density at radius 3 is 2.64 bits per heavy atom. The van der Waals surface area contributed by atoms with Crippen molar-refractivity contribution in [3.63, 3.8) is 0 Å². The van der Waals surface area contributed by atoms with E-state index in [1.807, 2.05) is 37.3 Å². The van der Waals surface area contributed by atoms with E-state index in [0.29, 0.717) is 17.4 Å². The fourth-order valence-electron chi connectivity index (χ4n) is 1.84. The lowest BCUT2D eigenvalue weighted by atomic mass is 10.2. The number of halogens is 1. The first kappa shape index (κ1) is 16.3. The van der Waals surface area contributed by atoms with Crippen LogP contribution in [0, 0.1) is 6.92 Å². The molecule has 4 nitrogen and oxygen atoms in total. The molecule has 0 heterocycles. The van der Waals surface area contributed by atoms with Crippen molar-refractivity contribution < 1.29 is 14.4 Å². The normalized spacial score (nSPS) is 11.8. The van der Waals surface area contributed by atoms with E-state index in [1.165, 1.54) is 0 Å². The van der Waals surface area contributed by atoms with Gasteiger partial charge in [0.2, 0.25) is 0 Å². The van der Waals surface area contributed by atoms with E-state index in [-0.39, 0.29) is 5.91 Å². The SMILES string of the molecule is Cc1cc(Cl)ccc1O[C@H](C)C(=O)NOCc1ccccc1. The molecule has 0 fully saturated rings. The number of hydrogen-bond acceptors (Lipinski definition) is 3. The van der Waals surface area contributed by atoms with Gasteiger partial charge in [0, 0.05) is 5.02 Å². The van der Waals surface area contributed by atoms with Gasteiger partial charge in [-0.1, -0.05) is 41.9 Å². The van der Waals surface area contributed by atoms with Crippen molar-refractivity contribution in [2.75, 3.05) is 0 Å². The summed E-state index contributed by atoms with van der Waals surface area (Å²) in [6.07, 6.45) is -0.671. The van der Waals surface area contributed by atoms with Crippen molar-refractivity contribution in [2.24, 2.45) is 0 Å². The third-order valence-corrected chi connectivity index (χ3v) is 3.30. The summed E-state index contributed by atoms with van der Waals surface area (Å²) >= 11 is 5.89.